The van der Waals surface area contributed by atoms with Gasteiger partial charge >= 0.3 is 0 Å². The van der Waals surface area contributed by atoms with Crippen molar-refractivity contribution in [1.82, 2.24) is 14.5 Å². The minimum Gasteiger partial charge on any atom is -0.326 e. The zero-order chi connectivity index (χ0) is 16.8. The summed E-state index contributed by atoms with van der Waals surface area (Å²) < 4.78 is 2.68. The first-order valence-electron chi connectivity index (χ1n) is 7.28. The third-order valence-electron chi connectivity index (χ3n) is 3.89. The normalized spacial score (nSPS) is 16.8. The molecule has 0 aliphatic carbocycles. The monoisotopic (exact) mass is 371 g/mol. The molecule has 0 spiro atoms. The molecule has 7 heteroatoms. The van der Waals surface area contributed by atoms with Gasteiger partial charge in [-0.3, -0.25) is 9.69 Å². The van der Waals surface area contributed by atoms with Gasteiger partial charge in [0.25, 0.3) is 5.91 Å². The summed E-state index contributed by atoms with van der Waals surface area (Å²) in [5.74, 6) is 0.906. The fraction of sp³-hybridized carbons (Fsp3) is 0.118. The average molecular weight is 372 g/mol. The van der Waals surface area contributed by atoms with E-state index in [9.17, 15) is 4.79 Å². The highest BCUT2D eigenvalue weighted by molar-refractivity contribution is 8.26. The molecule has 1 aliphatic rings. The minimum atomic E-state index is -0.0413. The maximum atomic E-state index is 12.1. The molecule has 1 amide bonds. The van der Waals surface area contributed by atoms with E-state index in [1.54, 1.807) is 18.4 Å². The predicted molar refractivity (Wildman–Crippen MR) is 105 cm³/mol. The predicted octanol–water partition coefficient (Wildman–Crippen LogP) is 4.13. The lowest BCUT2D eigenvalue weighted by Gasteiger charge is -2.03. The SMILES string of the molecule is CN1C(=O)/C(=C\c2cc3c(nc(-c4ccccc4)n3C)s2)SC1=S. The number of hydrogen-bond acceptors (Lipinski definition) is 5. The van der Waals surface area contributed by atoms with Crippen molar-refractivity contribution in [3.05, 3.63) is 46.2 Å². The van der Waals surface area contributed by atoms with Crippen molar-refractivity contribution in [3.63, 3.8) is 0 Å². The molecular formula is C17H13N3OS3. The van der Waals surface area contributed by atoms with Crippen molar-refractivity contribution in [2.24, 2.45) is 7.05 Å². The van der Waals surface area contributed by atoms with Gasteiger partial charge in [0, 0.05) is 24.5 Å². The first-order chi connectivity index (χ1) is 11.5. The highest BCUT2D eigenvalue weighted by Gasteiger charge is 2.29. The number of aromatic nitrogens is 2. The highest BCUT2D eigenvalue weighted by atomic mass is 32.2. The van der Waals surface area contributed by atoms with Crippen molar-refractivity contribution < 1.29 is 4.79 Å². The topological polar surface area (TPSA) is 38.1 Å². The molecule has 4 rings (SSSR count). The molecule has 1 fully saturated rings. The van der Waals surface area contributed by atoms with Gasteiger partial charge in [-0.2, -0.15) is 0 Å². The van der Waals surface area contributed by atoms with E-state index in [1.165, 1.54) is 16.7 Å². The fourth-order valence-corrected chi connectivity index (χ4v) is 4.83. The van der Waals surface area contributed by atoms with Gasteiger partial charge in [-0.1, -0.05) is 54.3 Å². The van der Waals surface area contributed by atoms with E-state index in [2.05, 4.69) is 22.8 Å². The molecule has 1 aromatic carbocycles. The van der Waals surface area contributed by atoms with Gasteiger partial charge < -0.3 is 4.57 Å². The zero-order valence-electron chi connectivity index (χ0n) is 13.0. The number of fused-ring (bicyclic) bond motifs is 1. The van der Waals surface area contributed by atoms with Crippen LogP contribution in [-0.2, 0) is 11.8 Å². The number of carbonyl (C=O) groups is 1. The second-order valence-electron chi connectivity index (χ2n) is 5.44. The molecule has 0 N–H and O–H groups in total. The number of nitrogens with zero attached hydrogens (tertiary/aromatic N) is 3. The highest BCUT2D eigenvalue weighted by Crippen LogP contribution is 2.35. The number of hydrogen-bond donors (Lipinski definition) is 0. The van der Waals surface area contributed by atoms with Gasteiger partial charge in [0.2, 0.25) is 0 Å². The third kappa shape index (κ3) is 2.49. The standard InChI is InChI=1S/C17H13N3OS3/c1-19-12-8-11(9-13-16(21)20(2)17(22)24-13)23-15(12)18-14(19)10-6-4-3-5-7-10/h3-9H,1-2H3/b13-9+. The van der Waals surface area contributed by atoms with Crippen LogP contribution in [0.4, 0.5) is 0 Å². The van der Waals surface area contributed by atoms with Gasteiger partial charge in [0.05, 0.1) is 10.4 Å². The van der Waals surface area contributed by atoms with Crippen LogP contribution < -0.4 is 0 Å². The smallest absolute Gasteiger partial charge is 0.265 e. The molecule has 1 aliphatic heterocycles. The second-order valence-corrected chi connectivity index (χ2v) is 8.18. The molecule has 0 unspecified atom stereocenters. The summed E-state index contributed by atoms with van der Waals surface area (Å²) in [6.45, 7) is 0. The summed E-state index contributed by atoms with van der Waals surface area (Å²) in [5, 5.41) is 0. The molecule has 3 aromatic rings. The number of likely N-dealkylation sites (N-methyl/N-ethyl adjacent to an activating group) is 1. The largest absolute Gasteiger partial charge is 0.326 e. The molecule has 0 saturated carbocycles. The van der Waals surface area contributed by atoms with Crippen LogP contribution >= 0.6 is 35.3 Å². The van der Waals surface area contributed by atoms with E-state index in [-0.39, 0.29) is 5.91 Å². The minimum absolute atomic E-state index is 0.0413. The van der Waals surface area contributed by atoms with Gasteiger partial charge in [-0.15, -0.1) is 11.3 Å². The Morgan fingerprint density at radius 1 is 1.21 bits per heavy atom. The van der Waals surface area contributed by atoms with E-state index in [0.717, 1.165) is 26.6 Å². The Labute approximate surface area is 152 Å². The van der Waals surface area contributed by atoms with Crippen molar-refractivity contribution in [3.8, 4) is 11.4 Å². The number of aryl methyl sites for hydroxylation is 1. The lowest BCUT2D eigenvalue weighted by molar-refractivity contribution is -0.121. The van der Waals surface area contributed by atoms with Gasteiger partial charge in [-0.25, -0.2) is 4.98 Å². The number of thiophene rings is 1. The molecule has 0 atom stereocenters. The summed E-state index contributed by atoms with van der Waals surface area (Å²) >= 11 is 8.09. The van der Waals surface area contributed by atoms with E-state index >= 15 is 0 Å². The number of thiocarbonyl (C=S) groups is 1. The van der Waals surface area contributed by atoms with Gasteiger partial charge in [0.15, 0.2) is 0 Å². The fourth-order valence-electron chi connectivity index (χ4n) is 2.59. The van der Waals surface area contributed by atoms with Crippen LogP contribution in [0.3, 0.4) is 0 Å². The van der Waals surface area contributed by atoms with Crippen molar-refractivity contribution in [1.29, 1.82) is 0 Å². The quantitative estimate of drug-likeness (QED) is 0.501. The molecule has 4 nitrogen and oxygen atoms in total. The van der Waals surface area contributed by atoms with Crippen LogP contribution in [0.1, 0.15) is 4.88 Å². The van der Waals surface area contributed by atoms with E-state index < -0.39 is 0 Å². The zero-order valence-corrected chi connectivity index (χ0v) is 15.5. The van der Waals surface area contributed by atoms with Crippen LogP contribution in [0, 0.1) is 0 Å². The molecule has 0 bridgehead atoms. The average Bonchev–Trinajstić information content (AvgIpc) is 3.19. The number of imidazole rings is 1. The lowest BCUT2D eigenvalue weighted by atomic mass is 10.2. The first kappa shape index (κ1) is 15.6. The molecule has 3 heterocycles. The summed E-state index contributed by atoms with van der Waals surface area (Å²) in [5.41, 5.74) is 2.16. The van der Waals surface area contributed by atoms with Crippen LogP contribution in [0.15, 0.2) is 41.3 Å². The number of carbonyl (C=O) groups excluding carboxylic acids is 1. The molecular weight excluding hydrogens is 358 g/mol. The number of benzene rings is 1. The van der Waals surface area contributed by atoms with Crippen LogP contribution in [0.5, 0.6) is 0 Å². The lowest BCUT2D eigenvalue weighted by Crippen LogP contribution is -2.22. The molecule has 2 aromatic heterocycles. The molecule has 120 valence electrons. The van der Waals surface area contributed by atoms with Crippen molar-refractivity contribution in [2.75, 3.05) is 7.05 Å². The van der Waals surface area contributed by atoms with Crippen LogP contribution in [0.2, 0.25) is 0 Å². The van der Waals surface area contributed by atoms with Crippen LogP contribution in [-0.4, -0.2) is 31.7 Å². The maximum Gasteiger partial charge on any atom is 0.265 e. The van der Waals surface area contributed by atoms with Crippen LogP contribution in [0.25, 0.3) is 27.8 Å². The Balaban J connectivity index is 1.74. The van der Waals surface area contributed by atoms with E-state index in [0.29, 0.717) is 9.23 Å². The Bertz CT molecular complexity index is 1000. The Hall–Kier alpha value is -1.96. The second kappa shape index (κ2) is 5.84. The van der Waals surface area contributed by atoms with E-state index in [4.69, 9.17) is 17.2 Å². The van der Waals surface area contributed by atoms with Gasteiger partial charge in [-0.05, 0) is 12.1 Å². The van der Waals surface area contributed by atoms with Crippen molar-refractivity contribution in [2.45, 2.75) is 0 Å². The summed E-state index contributed by atoms with van der Waals surface area (Å²) in [6, 6.07) is 12.2. The Morgan fingerprint density at radius 2 is 1.96 bits per heavy atom. The first-order valence-corrected chi connectivity index (χ1v) is 9.32. The number of rotatable bonds is 2. The summed E-state index contributed by atoms with van der Waals surface area (Å²) in [6.07, 6.45) is 1.90. The number of thioether (sulfide) groups is 1. The summed E-state index contributed by atoms with van der Waals surface area (Å²) in [4.78, 5) is 21.0. The number of amides is 1. The van der Waals surface area contributed by atoms with Gasteiger partial charge in [0.1, 0.15) is 15.0 Å². The van der Waals surface area contributed by atoms with Crippen molar-refractivity contribution >= 4 is 62.0 Å². The Kier molecular flexibility index (Phi) is 3.79. The Morgan fingerprint density at radius 3 is 2.58 bits per heavy atom. The molecule has 0 radical (unpaired) electrons. The maximum absolute atomic E-state index is 12.1. The third-order valence-corrected chi connectivity index (χ3v) is 6.34. The molecule has 1 saturated heterocycles. The van der Waals surface area contributed by atoms with E-state index in [1.807, 2.05) is 31.3 Å². The summed E-state index contributed by atoms with van der Waals surface area (Å²) in [7, 11) is 3.72. The molecule has 24 heavy (non-hydrogen) atoms.